The summed E-state index contributed by atoms with van der Waals surface area (Å²) in [6.45, 7) is -0.310. The van der Waals surface area contributed by atoms with Crippen molar-refractivity contribution in [2.24, 2.45) is 0 Å². The van der Waals surface area contributed by atoms with E-state index < -0.39 is 17.2 Å². The summed E-state index contributed by atoms with van der Waals surface area (Å²) in [4.78, 5) is 39.8. The van der Waals surface area contributed by atoms with Crippen LogP contribution in [0.4, 0.5) is 5.69 Å². The molecule has 0 aliphatic rings. The Morgan fingerprint density at radius 2 is 1.59 bits per heavy atom. The van der Waals surface area contributed by atoms with Crippen LogP contribution in [0.15, 0.2) is 76.3 Å². The van der Waals surface area contributed by atoms with E-state index in [-0.39, 0.29) is 23.4 Å². The highest BCUT2D eigenvalue weighted by molar-refractivity contribution is 5.92. The Labute approximate surface area is 194 Å². The zero-order valence-electron chi connectivity index (χ0n) is 18.9. The van der Waals surface area contributed by atoms with Gasteiger partial charge in [0.15, 0.2) is 0 Å². The number of carbonyl (C=O) groups is 1. The number of benzene rings is 3. The average molecular weight is 461 g/mol. The molecule has 0 saturated heterocycles. The van der Waals surface area contributed by atoms with Gasteiger partial charge in [0.2, 0.25) is 5.91 Å². The highest BCUT2D eigenvalue weighted by Gasteiger charge is 2.19. The van der Waals surface area contributed by atoms with Crippen molar-refractivity contribution in [2.75, 3.05) is 26.6 Å². The van der Waals surface area contributed by atoms with Gasteiger partial charge < -0.3 is 19.5 Å². The average Bonchev–Trinajstić information content (AvgIpc) is 2.86. The van der Waals surface area contributed by atoms with E-state index in [0.717, 1.165) is 4.57 Å². The maximum Gasteiger partial charge on any atom is 0.336 e. The summed E-state index contributed by atoms with van der Waals surface area (Å²) in [5, 5.41) is 3.05. The number of amides is 1. The minimum absolute atomic E-state index is 0.242. The first-order chi connectivity index (χ1) is 16.5. The Bertz CT molecular complexity index is 1490. The molecule has 0 aliphatic carbocycles. The molecule has 174 valence electrons. The smallest absolute Gasteiger partial charge is 0.336 e. The number of rotatable bonds is 7. The number of hydrogen-bond acceptors (Lipinski definition) is 6. The molecule has 4 rings (SSSR count). The first-order valence-electron chi connectivity index (χ1n) is 10.4. The highest BCUT2D eigenvalue weighted by atomic mass is 16.5. The molecule has 0 radical (unpaired) electrons. The second kappa shape index (κ2) is 9.53. The molecule has 0 spiro atoms. The van der Waals surface area contributed by atoms with Gasteiger partial charge in [0.05, 0.1) is 37.9 Å². The van der Waals surface area contributed by atoms with Crippen LogP contribution in [0.5, 0.6) is 17.2 Å². The van der Waals surface area contributed by atoms with Crippen LogP contribution in [-0.4, -0.2) is 36.4 Å². The summed E-state index contributed by atoms with van der Waals surface area (Å²) in [5.41, 5.74) is -0.0821. The van der Waals surface area contributed by atoms with Gasteiger partial charge in [0.1, 0.15) is 23.8 Å². The maximum absolute atomic E-state index is 13.6. The molecule has 1 heterocycles. The lowest BCUT2D eigenvalue weighted by molar-refractivity contribution is -0.116. The summed E-state index contributed by atoms with van der Waals surface area (Å²) in [7, 11) is 4.47. The van der Waals surface area contributed by atoms with Crippen molar-refractivity contribution in [2.45, 2.75) is 6.54 Å². The van der Waals surface area contributed by atoms with Gasteiger partial charge in [-0.15, -0.1) is 0 Å². The number of methoxy groups -OCH3 is 3. The lowest BCUT2D eigenvalue weighted by Gasteiger charge is -2.16. The zero-order valence-corrected chi connectivity index (χ0v) is 18.9. The number of carbonyl (C=O) groups excluding carboxylic acids is 1. The van der Waals surface area contributed by atoms with E-state index in [1.807, 2.05) is 0 Å². The molecule has 34 heavy (non-hydrogen) atoms. The van der Waals surface area contributed by atoms with Crippen LogP contribution in [0, 0.1) is 0 Å². The normalized spacial score (nSPS) is 10.7. The van der Waals surface area contributed by atoms with Gasteiger partial charge in [-0.1, -0.05) is 18.2 Å². The van der Waals surface area contributed by atoms with E-state index in [0.29, 0.717) is 22.7 Å². The topological polar surface area (TPSA) is 101 Å². The molecule has 9 heteroatoms. The Morgan fingerprint density at radius 3 is 2.32 bits per heavy atom. The van der Waals surface area contributed by atoms with Gasteiger partial charge in [0.25, 0.3) is 5.56 Å². The third-order valence-electron chi connectivity index (χ3n) is 5.33. The van der Waals surface area contributed by atoms with E-state index >= 15 is 0 Å². The van der Waals surface area contributed by atoms with Crippen LogP contribution in [0.3, 0.4) is 0 Å². The van der Waals surface area contributed by atoms with E-state index in [1.165, 1.54) is 25.9 Å². The summed E-state index contributed by atoms with van der Waals surface area (Å²) in [6, 6.07) is 18.3. The molecule has 4 aromatic rings. The van der Waals surface area contributed by atoms with E-state index in [9.17, 15) is 14.4 Å². The minimum Gasteiger partial charge on any atom is -0.497 e. The maximum atomic E-state index is 13.6. The molecule has 3 aromatic carbocycles. The highest BCUT2D eigenvalue weighted by Crippen LogP contribution is 2.26. The molecule has 0 fully saturated rings. The first-order valence-corrected chi connectivity index (χ1v) is 10.4. The number of para-hydroxylation sites is 1. The van der Waals surface area contributed by atoms with Crippen LogP contribution in [-0.2, 0) is 11.3 Å². The fraction of sp³-hybridized carbons (Fsp3) is 0.160. The number of anilines is 1. The van der Waals surface area contributed by atoms with E-state index in [2.05, 4.69) is 5.32 Å². The molecular weight excluding hydrogens is 438 g/mol. The van der Waals surface area contributed by atoms with Gasteiger partial charge in [0, 0.05) is 17.8 Å². The molecule has 0 unspecified atom stereocenters. The summed E-state index contributed by atoms with van der Waals surface area (Å²) in [6.07, 6.45) is 0. The predicted octanol–water partition coefficient (Wildman–Crippen LogP) is 2.82. The monoisotopic (exact) mass is 461 g/mol. The Hall–Kier alpha value is -4.53. The molecule has 1 aromatic heterocycles. The quantitative estimate of drug-likeness (QED) is 0.454. The Kier molecular flexibility index (Phi) is 6.35. The fourth-order valence-corrected chi connectivity index (χ4v) is 3.70. The van der Waals surface area contributed by atoms with Crippen LogP contribution >= 0.6 is 0 Å². The van der Waals surface area contributed by atoms with Gasteiger partial charge in [-0.05, 0) is 36.4 Å². The zero-order chi connectivity index (χ0) is 24.2. The number of ether oxygens (including phenoxy) is 3. The molecule has 0 saturated carbocycles. The Balaban J connectivity index is 1.84. The van der Waals surface area contributed by atoms with E-state index in [4.69, 9.17) is 14.2 Å². The lowest BCUT2D eigenvalue weighted by atomic mass is 10.2. The summed E-state index contributed by atoms with van der Waals surface area (Å²) in [5.74, 6) is 0.932. The van der Waals surface area contributed by atoms with Crippen molar-refractivity contribution in [3.8, 4) is 22.9 Å². The van der Waals surface area contributed by atoms with Crippen LogP contribution in [0.25, 0.3) is 16.6 Å². The van der Waals surface area contributed by atoms with Crippen molar-refractivity contribution in [1.82, 2.24) is 9.13 Å². The molecule has 0 bridgehead atoms. The van der Waals surface area contributed by atoms with Gasteiger partial charge in [-0.2, -0.15) is 0 Å². The fourth-order valence-electron chi connectivity index (χ4n) is 3.70. The van der Waals surface area contributed by atoms with Crippen LogP contribution in [0.1, 0.15) is 0 Å². The number of nitrogens with zero attached hydrogens (tertiary/aromatic N) is 2. The first kappa shape index (κ1) is 22.7. The SMILES string of the molecule is COc1cccc(NC(=O)Cn2c(=O)n(-c3ccc(OC)cc3OC)c(=O)c3ccccc32)c1. The van der Waals surface area contributed by atoms with Gasteiger partial charge in [-0.25, -0.2) is 9.36 Å². The van der Waals surface area contributed by atoms with Crippen LogP contribution in [0.2, 0.25) is 0 Å². The number of fused-ring (bicyclic) bond motifs is 1. The number of nitrogens with one attached hydrogen (secondary N) is 1. The third kappa shape index (κ3) is 4.23. The van der Waals surface area contributed by atoms with Crippen LogP contribution < -0.4 is 30.8 Å². The van der Waals surface area contributed by atoms with Crippen molar-refractivity contribution in [1.29, 1.82) is 0 Å². The van der Waals surface area contributed by atoms with Crippen molar-refractivity contribution in [3.05, 3.63) is 87.6 Å². The Morgan fingerprint density at radius 1 is 0.853 bits per heavy atom. The van der Waals surface area contributed by atoms with E-state index in [1.54, 1.807) is 66.7 Å². The molecular formula is C25H23N3O6. The molecule has 1 N–H and O–H groups in total. The molecule has 9 nitrogen and oxygen atoms in total. The summed E-state index contributed by atoms with van der Waals surface area (Å²) < 4.78 is 18.1. The van der Waals surface area contributed by atoms with Gasteiger partial charge in [-0.3, -0.25) is 14.2 Å². The molecule has 1 amide bonds. The van der Waals surface area contributed by atoms with Crippen molar-refractivity contribution < 1.29 is 19.0 Å². The minimum atomic E-state index is -0.673. The van der Waals surface area contributed by atoms with Crippen molar-refractivity contribution in [3.63, 3.8) is 0 Å². The number of aromatic nitrogens is 2. The summed E-state index contributed by atoms with van der Waals surface area (Å²) >= 11 is 0. The second-order valence-electron chi connectivity index (χ2n) is 7.34. The molecule has 0 atom stereocenters. The molecule has 0 aliphatic heterocycles. The predicted molar refractivity (Wildman–Crippen MR) is 129 cm³/mol. The second-order valence-corrected chi connectivity index (χ2v) is 7.34. The van der Waals surface area contributed by atoms with Crippen molar-refractivity contribution >= 4 is 22.5 Å². The van der Waals surface area contributed by atoms with Gasteiger partial charge >= 0.3 is 5.69 Å². The number of hydrogen-bond donors (Lipinski definition) is 1. The lowest BCUT2D eigenvalue weighted by Crippen LogP contribution is -2.41. The third-order valence-corrected chi connectivity index (χ3v) is 5.33. The largest absolute Gasteiger partial charge is 0.497 e. The standard InChI is InChI=1S/C25H23N3O6/c1-32-17-8-6-7-16(13-17)26-23(29)15-27-20-10-5-4-9-19(20)24(30)28(25(27)31)21-12-11-18(33-2)14-22(21)34-3/h4-14H,15H2,1-3H3,(H,26,29).